The number of hydrogen-bond donors (Lipinski definition) is 1. The maximum atomic E-state index is 12.4. The Bertz CT molecular complexity index is 1160. The van der Waals surface area contributed by atoms with Crippen molar-refractivity contribution in [2.45, 2.75) is 13.5 Å². The van der Waals surface area contributed by atoms with Gasteiger partial charge in [0.1, 0.15) is 11.5 Å². The van der Waals surface area contributed by atoms with E-state index in [1.165, 1.54) is 17.7 Å². The quantitative estimate of drug-likeness (QED) is 0.529. The van der Waals surface area contributed by atoms with Crippen LogP contribution in [-0.4, -0.2) is 34.3 Å². The van der Waals surface area contributed by atoms with Crippen molar-refractivity contribution in [2.24, 2.45) is 0 Å². The molecule has 8 heteroatoms. The molecule has 3 rings (SSSR count). The Balaban J connectivity index is 1.64. The number of nitrogens with zero attached hydrogens (tertiary/aromatic N) is 1. The monoisotopic (exact) mass is 454 g/mol. The molecule has 1 N–H and O–H groups in total. The molecule has 0 aliphatic heterocycles. The summed E-state index contributed by atoms with van der Waals surface area (Å²) in [5.41, 5.74) is 3.06. The Labute approximate surface area is 188 Å². The van der Waals surface area contributed by atoms with Gasteiger partial charge in [-0.3, -0.25) is 9.10 Å². The molecule has 0 unspecified atom stereocenters. The highest BCUT2D eigenvalue weighted by molar-refractivity contribution is 7.92. The standard InChI is InChI=1S/C24H26N2O5S/c1-18-8-10-19(11-9-18)16-26(32(3,28)29)20-12-14-21(15-13-20)31-17-24(27)25-22-6-4-5-7-23(22)30-2/h4-15H,16-17H2,1-3H3,(H,25,27). The van der Waals surface area contributed by atoms with E-state index in [1.807, 2.05) is 37.3 Å². The van der Waals surface area contributed by atoms with E-state index in [2.05, 4.69) is 5.32 Å². The summed E-state index contributed by atoms with van der Waals surface area (Å²) in [6.07, 6.45) is 1.17. The van der Waals surface area contributed by atoms with Gasteiger partial charge in [-0.2, -0.15) is 0 Å². The lowest BCUT2D eigenvalue weighted by Crippen LogP contribution is -2.29. The summed E-state index contributed by atoms with van der Waals surface area (Å²) in [6.45, 7) is 2.00. The number of aryl methyl sites for hydroxylation is 1. The Morgan fingerprint density at radius 3 is 2.25 bits per heavy atom. The first-order valence-corrected chi connectivity index (χ1v) is 11.8. The van der Waals surface area contributed by atoms with Gasteiger partial charge in [0.05, 0.1) is 31.3 Å². The van der Waals surface area contributed by atoms with Crippen LogP contribution in [0.15, 0.2) is 72.8 Å². The zero-order chi connectivity index (χ0) is 23.1. The number of ether oxygens (including phenoxy) is 2. The van der Waals surface area contributed by atoms with Crippen LogP contribution in [0.4, 0.5) is 11.4 Å². The Kier molecular flexibility index (Phi) is 7.37. The van der Waals surface area contributed by atoms with Crippen molar-refractivity contribution >= 4 is 27.3 Å². The zero-order valence-electron chi connectivity index (χ0n) is 18.2. The molecule has 168 valence electrons. The van der Waals surface area contributed by atoms with Crippen LogP contribution >= 0.6 is 0 Å². The third-order valence-corrected chi connectivity index (χ3v) is 5.86. The molecular weight excluding hydrogens is 428 g/mol. The molecule has 0 radical (unpaired) electrons. The van der Waals surface area contributed by atoms with Crippen LogP contribution in [0.2, 0.25) is 0 Å². The predicted octanol–water partition coefficient (Wildman–Crippen LogP) is 3.99. The van der Waals surface area contributed by atoms with Gasteiger partial charge in [0.15, 0.2) is 6.61 Å². The molecule has 0 saturated carbocycles. The van der Waals surface area contributed by atoms with Gasteiger partial charge in [0.2, 0.25) is 10.0 Å². The minimum atomic E-state index is -3.49. The molecule has 0 atom stereocenters. The lowest BCUT2D eigenvalue weighted by atomic mass is 10.1. The number of hydrogen-bond acceptors (Lipinski definition) is 5. The Morgan fingerprint density at radius 1 is 0.969 bits per heavy atom. The predicted molar refractivity (Wildman–Crippen MR) is 126 cm³/mol. The van der Waals surface area contributed by atoms with Crippen LogP contribution in [0.5, 0.6) is 11.5 Å². The Morgan fingerprint density at radius 2 is 1.62 bits per heavy atom. The van der Waals surface area contributed by atoms with Crippen molar-refractivity contribution in [1.82, 2.24) is 0 Å². The lowest BCUT2D eigenvalue weighted by molar-refractivity contribution is -0.118. The average molecular weight is 455 g/mol. The SMILES string of the molecule is COc1ccccc1NC(=O)COc1ccc(N(Cc2ccc(C)cc2)S(C)(=O)=O)cc1. The van der Waals surface area contributed by atoms with Crippen LogP contribution in [0, 0.1) is 6.92 Å². The second-order valence-corrected chi connectivity index (χ2v) is 9.19. The highest BCUT2D eigenvalue weighted by atomic mass is 32.2. The average Bonchev–Trinajstić information content (AvgIpc) is 2.77. The molecule has 32 heavy (non-hydrogen) atoms. The molecule has 3 aromatic rings. The van der Waals surface area contributed by atoms with E-state index in [-0.39, 0.29) is 19.1 Å². The number of anilines is 2. The van der Waals surface area contributed by atoms with Gasteiger partial charge in [-0.1, -0.05) is 42.0 Å². The minimum absolute atomic E-state index is 0.198. The molecule has 0 bridgehead atoms. The highest BCUT2D eigenvalue weighted by Crippen LogP contribution is 2.25. The second kappa shape index (κ2) is 10.2. The molecule has 0 aliphatic rings. The number of carbonyl (C=O) groups is 1. The van der Waals surface area contributed by atoms with Gasteiger partial charge in [-0.25, -0.2) is 8.42 Å². The van der Waals surface area contributed by atoms with E-state index in [9.17, 15) is 13.2 Å². The number of benzene rings is 3. The minimum Gasteiger partial charge on any atom is -0.495 e. The normalized spacial score (nSPS) is 11.0. The lowest BCUT2D eigenvalue weighted by Gasteiger charge is -2.23. The van der Waals surface area contributed by atoms with E-state index in [0.29, 0.717) is 22.9 Å². The molecule has 0 aliphatic carbocycles. The fraction of sp³-hybridized carbons (Fsp3) is 0.208. The van der Waals surface area contributed by atoms with Crippen molar-refractivity contribution in [3.05, 3.63) is 83.9 Å². The van der Waals surface area contributed by atoms with Gasteiger partial charge in [0, 0.05) is 0 Å². The van der Waals surface area contributed by atoms with Crippen LogP contribution in [0.25, 0.3) is 0 Å². The first-order valence-electron chi connectivity index (χ1n) is 9.95. The summed E-state index contributed by atoms with van der Waals surface area (Å²) < 4.78 is 36.8. The third-order valence-electron chi connectivity index (χ3n) is 4.72. The fourth-order valence-corrected chi connectivity index (χ4v) is 3.94. The van der Waals surface area contributed by atoms with Crippen molar-refractivity contribution in [3.8, 4) is 11.5 Å². The summed E-state index contributed by atoms with van der Waals surface area (Å²) in [5, 5.41) is 2.74. The van der Waals surface area contributed by atoms with Crippen LogP contribution < -0.4 is 19.1 Å². The van der Waals surface area contributed by atoms with Crippen LogP contribution in [0.3, 0.4) is 0 Å². The third kappa shape index (κ3) is 6.24. The molecule has 3 aromatic carbocycles. The maximum absolute atomic E-state index is 12.4. The van der Waals surface area contributed by atoms with Crippen molar-refractivity contribution < 1.29 is 22.7 Å². The molecule has 0 spiro atoms. The van der Waals surface area contributed by atoms with Crippen LogP contribution in [-0.2, 0) is 21.4 Å². The summed E-state index contributed by atoms with van der Waals surface area (Å²) in [4.78, 5) is 12.2. The Hall–Kier alpha value is -3.52. The molecule has 0 aromatic heterocycles. The van der Waals surface area contributed by atoms with Gasteiger partial charge in [-0.15, -0.1) is 0 Å². The summed E-state index contributed by atoms with van der Waals surface area (Å²) in [5.74, 6) is 0.670. The number of nitrogens with one attached hydrogen (secondary N) is 1. The zero-order valence-corrected chi connectivity index (χ0v) is 19.1. The van der Waals surface area contributed by atoms with E-state index in [0.717, 1.165) is 11.1 Å². The van der Waals surface area contributed by atoms with Gasteiger partial charge < -0.3 is 14.8 Å². The molecular formula is C24H26N2O5S. The fourth-order valence-electron chi connectivity index (χ4n) is 3.05. The molecule has 7 nitrogen and oxygen atoms in total. The van der Waals surface area contributed by atoms with Gasteiger partial charge >= 0.3 is 0 Å². The summed E-state index contributed by atoms with van der Waals surface area (Å²) in [7, 11) is -1.96. The number of rotatable bonds is 9. The number of sulfonamides is 1. The number of para-hydroxylation sites is 2. The number of carbonyl (C=O) groups excluding carboxylic acids is 1. The van der Waals surface area contributed by atoms with E-state index in [1.54, 1.807) is 42.5 Å². The van der Waals surface area contributed by atoms with Crippen molar-refractivity contribution in [1.29, 1.82) is 0 Å². The molecule has 0 saturated heterocycles. The van der Waals surface area contributed by atoms with E-state index in [4.69, 9.17) is 9.47 Å². The van der Waals surface area contributed by atoms with Crippen molar-refractivity contribution in [2.75, 3.05) is 29.6 Å². The number of methoxy groups -OCH3 is 1. The molecule has 0 fully saturated rings. The smallest absolute Gasteiger partial charge is 0.262 e. The maximum Gasteiger partial charge on any atom is 0.262 e. The van der Waals surface area contributed by atoms with E-state index >= 15 is 0 Å². The summed E-state index contributed by atoms with van der Waals surface area (Å²) in [6, 6.07) is 21.4. The first kappa shape index (κ1) is 23.1. The molecule has 0 heterocycles. The summed E-state index contributed by atoms with van der Waals surface area (Å²) >= 11 is 0. The van der Waals surface area contributed by atoms with Gasteiger partial charge in [-0.05, 0) is 48.9 Å². The van der Waals surface area contributed by atoms with Gasteiger partial charge in [0.25, 0.3) is 5.91 Å². The second-order valence-electron chi connectivity index (χ2n) is 7.29. The number of amides is 1. The first-order chi connectivity index (χ1) is 15.3. The molecule has 1 amide bonds. The topological polar surface area (TPSA) is 84.9 Å². The largest absolute Gasteiger partial charge is 0.495 e. The highest BCUT2D eigenvalue weighted by Gasteiger charge is 2.18. The van der Waals surface area contributed by atoms with Crippen molar-refractivity contribution in [3.63, 3.8) is 0 Å². The van der Waals surface area contributed by atoms with E-state index < -0.39 is 10.0 Å². The van der Waals surface area contributed by atoms with Crippen LogP contribution in [0.1, 0.15) is 11.1 Å².